The van der Waals surface area contributed by atoms with E-state index in [-0.39, 0.29) is 12.2 Å². The van der Waals surface area contributed by atoms with Gasteiger partial charge in [0, 0.05) is 5.75 Å². The maximum atomic E-state index is 12.2. The summed E-state index contributed by atoms with van der Waals surface area (Å²) in [5.41, 5.74) is 6.68. The van der Waals surface area contributed by atoms with Crippen molar-refractivity contribution < 1.29 is 29.4 Å². The van der Waals surface area contributed by atoms with Crippen molar-refractivity contribution in [3.05, 3.63) is 35.9 Å². The molecule has 0 saturated heterocycles. The number of thiol groups is 1. The van der Waals surface area contributed by atoms with Crippen molar-refractivity contribution in [3.8, 4) is 0 Å². The number of carbonyl (C=O) groups is 4. The van der Waals surface area contributed by atoms with Crippen LogP contribution >= 0.6 is 12.6 Å². The van der Waals surface area contributed by atoms with Gasteiger partial charge < -0.3 is 31.9 Å². The first kappa shape index (κ1) is 24.4. The first-order valence-electron chi connectivity index (χ1n) is 8.84. The fourth-order valence-electron chi connectivity index (χ4n) is 2.34. The third-order valence-electron chi connectivity index (χ3n) is 3.94. The number of hydrogen-bond acceptors (Lipinski definition) is 7. The summed E-state index contributed by atoms with van der Waals surface area (Å²) < 4.78 is 0. The van der Waals surface area contributed by atoms with Gasteiger partial charge in [-0.05, 0) is 18.9 Å². The summed E-state index contributed by atoms with van der Waals surface area (Å²) >= 11 is 3.83. The Morgan fingerprint density at radius 1 is 1.10 bits per heavy atom. The zero-order valence-electron chi connectivity index (χ0n) is 15.9. The summed E-state index contributed by atoms with van der Waals surface area (Å²) in [6.45, 7) is 0.794. The molecule has 4 atom stereocenters. The van der Waals surface area contributed by atoms with Gasteiger partial charge in [-0.3, -0.25) is 14.4 Å². The van der Waals surface area contributed by atoms with Crippen LogP contribution in [0.3, 0.4) is 0 Å². The number of hydrogen-bond donors (Lipinski definition) is 7. The van der Waals surface area contributed by atoms with Crippen LogP contribution < -0.4 is 21.7 Å². The molecule has 4 unspecified atom stereocenters. The Hall–Kier alpha value is -2.63. The third-order valence-corrected chi connectivity index (χ3v) is 4.30. The Morgan fingerprint density at radius 3 is 2.24 bits per heavy atom. The molecule has 0 heterocycles. The molecular weight excluding hydrogens is 400 g/mol. The molecule has 11 heteroatoms. The maximum absolute atomic E-state index is 12.2. The predicted molar refractivity (Wildman–Crippen MR) is 108 cm³/mol. The quantitative estimate of drug-likeness (QED) is 0.201. The molecule has 0 radical (unpaired) electrons. The van der Waals surface area contributed by atoms with Crippen LogP contribution in [0, 0.1) is 0 Å². The van der Waals surface area contributed by atoms with Gasteiger partial charge in [0.25, 0.3) is 0 Å². The van der Waals surface area contributed by atoms with Crippen LogP contribution in [0.25, 0.3) is 0 Å². The van der Waals surface area contributed by atoms with Crippen LogP contribution in [0.1, 0.15) is 12.5 Å². The normalized spacial score (nSPS) is 14.8. The number of aliphatic hydroxyl groups excluding tert-OH is 1. The fraction of sp³-hybridized carbons (Fsp3) is 0.444. The Morgan fingerprint density at radius 2 is 1.72 bits per heavy atom. The highest BCUT2D eigenvalue weighted by molar-refractivity contribution is 7.80. The standard InChI is InChI=1S/C18H26N4O6S/c1-10(23)15(17(26)21-13(9-29)18(27)28)22-14(24)8-20-16(25)12(19)7-11-5-3-2-4-6-11/h2-6,10,12-13,15,23,29H,7-9,19H2,1H3,(H,20,25)(H,21,26)(H,22,24)(H,27,28). The van der Waals surface area contributed by atoms with E-state index >= 15 is 0 Å². The van der Waals surface area contributed by atoms with Gasteiger partial charge in [0.2, 0.25) is 17.7 Å². The predicted octanol–water partition coefficient (Wildman–Crippen LogP) is -1.96. The van der Waals surface area contributed by atoms with Gasteiger partial charge in [-0.2, -0.15) is 12.6 Å². The molecule has 0 spiro atoms. The minimum absolute atomic E-state index is 0.170. The van der Waals surface area contributed by atoms with Gasteiger partial charge in [0.15, 0.2) is 0 Å². The van der Waals surface area contributed by atoms with Gasteiger partial charge in [-0.15, -0.1) is 0 Å². The minimum atomic E-state index is -1.40. The monoisotopic (exact) mass is 426 g/mol. The molecular formula is C18H26N4O6S. The molecule has 0 aliphatic carbocycles. The number of carboxylic acids is 1. The number of rotatable bonds is 11. The number of nitrogens with one attached hydrogen (secondary N) is 3. The highest BCUT2D eigenvalue weighted by Crippen LogP contribution is 2.02. The first-order valence-corrected chi connectivity index (χ1v) is 9.47. The van der Waals surface area contributed by atoms with E-state index in [9.17, 15) is 24.3 Å². The number of carboxylic acid groups (broad SMARTS) is 1. The van der Waals surface area contributed by atoms with Crippen LogP contribution in [-0.4, -0.2) is 70.4 Å². The lowest BCUT2D eigenvalue weighted by Gasteiger charge is -2.23. The molecule has 0 bridgehead atoms. The lowest BCUT2D eigenvalue weighted by atomic mass is 10.1. The van der Waals surface area contributed by atoms with Crippen molar-refractivity contribution in [3.63, 3.8) is 0 Å². The fourth-order valence-corrected chi connectivity index (χ4v) is 2.58. The Kier molecular flexibility index (Phi) is 10.1. The highest BCUT2D eigenvalue weighted by atomic mass is 32.1. The van der Waals surface area contributed by atoms with E-state index in [1.165, 1.54) is 6.92 Å². The van der Waals surface area contributed by atoms with E-state index in [0.29, 0.717) is 0 Å². The summed E-state index contributed by atoms with van der Waals surface area (Å²) in [4.78, 5) is 47.2. The van der Waals surface area contributed by atoms with E-state index in [4.69, 9.17) is 10.8 Å². The number of aliphatic hydroxyl groups is 1. The highest BCUT2D eigenvalue weighted by Gasteiger charge is 2.29. The van der Waals surface area contributed by atoms with Crippen molar-refractivity contribution in [2.24, 2.45) is 5.73 Å². The molecule has 29 heavy (non-hydrogen) atoms. The maximum Gasteiger partial charge on any atom is 0.327 e. The van der Waals surface area contributed by atoms with E-state index in [0.717, 1.165) is 5.56 Å². The van der Waals surface area contributed by atoms with Gasteiger partial charge >= 0.3 is 5.97 Å². The third kappa shape index (κ3) is 8.50. The van der Waals surface area contributed by atoms with Crippen LogP contribution in [0.5, 0.6) is 0 Å². The molecule has 0 aliphatic heterocycles. The van der Waals surface area contributed by atoms with E-state index in [2.05, 4.69) is 28.6 Å². The summed E-state index contributed by atoms with van der Waals surface area (Å²) in [5, 5.41) is 25.5. The van der Waals surface area contributed by atoms with Gasteiger partial charge in [-0.1, -0.05) is 30.3 Å². The minimum Gasteiger partial charge on any atom is -0.480 e. The summed E-state index contributed by atoms with van der Waals surface area (Å²) in [6.07, 6.45) is -1.02. The SMILES string of the molecule is CC(O)C(NC(=O)CNC(=O)C(N)Cc1ccccc1)C(=O)NC(CS)C(=O)O. The molecule has 1 aromatic carbocycles. The topological polar surface area (TPSA) is 171 Å². The number of benzene rings is 1. The number of nitrogens with two attached hydrogens (primary N) is 1. The first-order chi connectivity index (χ1) is 13.6. The lowest BCUT2D eigenvalue weighted by Crippen LogP contribution is -2.57. The summed E-state index contributed by atoms with van der Waals surface area (Å²) in [5.74, 6) is -3.66. The Balaban J connectivity index is 2.55. The zero-order valence-corrected chi connectivity index (χ0v) is 16.8. The van der Waals surface area contributed by atoms with E-state index in [1.54, 1.807) is 0 Å². The average Bonchev–Trinajstić information content (AvgIpc) is 2.68. The summed E-state index contributed by atoms with van der Waals surface area (Å²) in [7, 11) is 0. The molecule has 0 fully saturated rings. The van der Waals surface area contributed by atoms with Crippen molar-refractivity contribution in [1.29, 1.82) is 0 Å². The molecule has 3 amide bonds. The zero-order chi connectivity index (χ0) is 22.0. The molecule has 1 aromatic rings. The second-order valence-corrected chi connectivity index (χ2v) is 6.75. The largest absolute Gasteiger partial charge is 0.480 e. The Labute approximate surface area is 173 Å². The van der Waals surface area contributed by atoms with Crippen molar-refractivity contribution in [1.82, 2.24) is 16.0 Å². The van der Waals surface area contributed by atoms with Gasteiger partial charge in [0.05, 0.1) is 18.7 Å². The second-order valence-electron chi connectivity index (χ2n) is 6.38. The molecule has 7 N–H and O–H groups in total. The Bertz CT molecular complexity index is 716. The second kappa shape index (κ2) is 12.0. The molecule has 0 aromatic heterocycles. The molecule has 0 aliphatic rings. The van der Waals surface area contributed by atoms with E-state index < -0.39 is 54.5 Å². The number of carbonyl (C=O) groups excluding carboxylic acids is 3. The van der Waals surface area contributed by atoms with Gasteiger partial charge in [-0.25, -0.2) is 4.79 Å². The average molecular weight is 426 g/mol. The van der Waals surface area contributed by atoms with E-state index in [1.807, 2.05) is 30.3 Å². The van der Waals surface area contributed by atoms with Gasteiger partial charge in [0.1, 0.15) is 12.1 Å². The van der Waals surface area contributed by atoms with Crippen LogP contribution in [0.15, 0.2) is 30.3 Å². The van der Waals surface area contributed by atoms with Crippen LogP contribution in [-0.2, 0) is 25.6 Å². The van der Waals surface area contributed by atoms with Crippen molar-refractivity contribution in [2.75, 3.05) is 12.3 Å². The molecule has 160 valence electrons. The number of aliphatic carboxylic acids is 1. The van der Waals surface area contributed by atoms with Crippen molar-refractivity contribution in [2.45, 2.75) is 37.6 Å². The van der Waals surface area contributed by atoms with Crippen molar-refractivity contribution >= 4 is 36.3 Å². The summed E-state index contributed by atoms with van der Waals surface area (Å²) in [6, 6.07) is 5.56. The lowest BCUT2D eigenvalue weighted by molar-refractivity contribution is -0.142. The van der Waals surface area contributed by atoms with Crippen LogP contribution in [0.2, 0.25) is 0 Å². The van der Waals surface area contributed by atoms with Crippen LogP contribution in [0.4, 0.5) is 0 Å². The number of amides is 3. The smallest absolute Gasteiger partial charge is 0.327 e. The molecule has 1 rings (SSSR count). The molecule has 10 nitrogen and oxygen atoms in total. The molecule has 0 saturated carbocycles.